The first-order valence-electron chi connectivity index (χ1n) is 6.89. The fourth-order valence-corrected chi connectivity index (χ4v) is 2.36. The molecule has 1 amide bonds. The fraction of sp³-hybridized carbons (Fsp3) is 0.533. The van der Waals surface area contributed by atoms with E-state index < -0.39 is 6.10 Å². The third-order valence-electron chi connectivity index (χ3n) is 3.51. The maximum atomic E-state index is 12.2. The number of aliphatic hydroxyl groups excluding tert-OH is 1. The number of benzene rings is 1. The molecule has 0 saturated carbocycles. The van der Waals surface area contributed by atoms with Gasteiger partial charge in [-0.15, -0.1) is 0 Å². The Bertz CT molecular complexity index is 469. The quantitative estimate of drug-likeness (QED) is 0.889. The number of likely N-dealkylation sites (tertiary alicyclic amines) is 1. The van der Waals surface area contributed by atoms with Crippen molar-refractivity contribution in [1.82, 2.24) is 4.90 Å². The molecule has 1 aliphatic rings. The number of aliphatic hydroxyl groups is 1. The van der Waals surface area contributed by atoms with Crippen LogP contribution >= 0.6 is 0 Å². The summed E-state index contributed by atoms with van der Waals surface area (Å²) in [4.78, 5) is 14.0. The van der Waals surface area contributed by atoms with Gasteiger partial charge in [-0.25, -0.2) is 0 Å². The monoisotopic (exact) mass is 279 g/mol. The molecule has 1 aromatic rings. The maximum absolute atomic E-state index is 12.2. The Morgan fingerprint density at radius 2 is 2.10 bits per heavy atom. The number of carbonyl (C=O) groups excluding carboxylic acids is 1. The van der Waals surface area contributed by atoms with Crippen LogP contribution in [0, 0.1) is 0 Å². The predicted octanol–water partition coefficient (Wildman–Crippen LogP) is 1.58. The second kappa shape index (κ2) is 6.61. The summed E-state index contributed by atoms with van der Waals surface area (Å²) in [5.74, 6) is 1.18. The van der Waals surface area contributed by atoms with Crippen molar-refractivity contribution in [3.8, 4) is 11.5 Å². The molecule has 0 aliphatic carbocycles. The number of carbonyl (C=O) groups is 1. The molecule has 20 heavy (non-hydrogen) atoms. The topological polar surface area (TPSA) is 59.0 Å². The predicted molar refractivity (Wildman–Crippen MR) is 74.8 cm³/mol. The number of methoxy groups -OCH3 is 1. The van der Waals surface area contributed by atoms with Gasteiger partial charge in [0.15, 0.2) is 6.10 Å². The smallest absolute Gasteiger partial charge is 0.263 e. The standard InChI is InChI=1S/C15H21NO4/c1-11(15(18)16-7-3-4-8-16)20-14-6-5-13(19-2)9-12(14)10-17/h5-6,9,11,17H,3-4,7-8,10H2,1-2H3. The molecule has 2 rings (SSSR count). The third kappa shape index (κ3) is 3.22. The number of rotatable bonds is 5. The van der Waals surface area contributed by atoms with Crippen LogP contribution in [0.3, 0.4) is 0 Å². The van der Waals surface area contributed by atoms with Crippen LogP contribution in [0.15, 0.2) is 18.2 Å². The zero-order valence-electron chi connectivity index (χ0n) is 12.0. The molecule has 1 N–H and O–H groups in total. The molecular weight excluding hydrogens is 258 g/mol. The van der Waals surface area contributed by atoms with E-state index >= 15 is 0 Å². The van der Waals surface area contributed by atoms with Crippen LogP contribution in [-0.4, -0.2) is 42.2 Å². The van der Waals surface area contributed by atoms with Crippen LogP contribution < -0.4 is 9.47 Å². The summed E-state index contributed by atoms with van der Waals surface area (Å²) < 4.78 is 10.8. The number of ether oxygens (including phenoxy) is 2. The molecule has 1 aliphatic heterocycles. The van der Waals surface area contributed by atoms with Gasteiger partial charge >= 0.3 is 0 Å². The minimum Gasteiger partial charge on any atom is -0.497 e. The molecule has 0 spiro atoms. The average molecular weight is 279 g/mol. The molecule has 0 radical (unpaired) electrons. The molecule has 5 heteroatoms. The van der Waals surface area contributed by atoms with E-state index in [0.717, 1.165) is 25.9 Å². The van der Waals surface area contributed by atoms with Crippen molar-refractivity contribution < 1.29 is 19.4 Å². The van der Waals surface area contributed by atoms with Gasteiger partial charge in [0.2, 0.25) is 0 Å². The molecule has 0 aromatic heterocycles. The van der Waals surface area contributed by atoms with Crippen LogP contribution in [0.2, 0.25) is 0 Å². The fourth-order valence-electron chi connectivity index (χ4n) is 2.36. The molecule has 1 heterocycles. The molecular formula is C15H21NO4. The molecule has 0 bridgehead atoms. The Balaban J connectivity index is 2.06. The van der Waals surface area contributed by atoms with Gasteiger partial charge in [-0.1, -0.05) is 0 Å². The molecule has 1 fully saturated rings. The Morgan fingerprint density at radius 1 is 1.40 bits per heavy atom. The van der Waals surface area contributed by atoms with Gasteiger partial charge in [0.05, 0.1) is 13.7 Å². The summed E-state index contributed by atoms with van der Waals surface area (Å²) in [5, 5.41) is 9.37. The summed E-state index contributed by atoms with van der Waals surface area (Å²) in [6.45, 7) is 3.20. The largest absolute Gasteiger partial charge is 0.497 e. The van der Waals surface area contributed by atoms with Gasteiger partial charge in [-0.2, -0.15) is 0 Å². The third-order valence-corrected chi connectivity index (χ3v) is 3.51. The summed E-state index contributed by atoms with van der Waals surface area (Å²) in [5.41, 5.74) is 0.616. The van der Waals surface area contributed by atoms with E-state index in [2.05, 4.69) is 0 Å². The highest BCUT2D eigenvalue weighted by atomic mass is 16.5. The van der Waals surface area contributed by atoms with Gasteiger partial charge < -0.3 is 19.5 Å². The van der Waals surface area contributed by atoms with E-state index in [4.69, 9.17) is 9.47 Å². The molecule has 1 atom stereocenters. The minimum atomic E-state index is -0.549. The Morgan fingerprint density at radius 3 is 2.70 bits per heavy atom. The van der Waals surface area contributed by atoms with Gasteiger partial charge in [-0.3, -0.25) is 4.79 Å². The summed E-state index contributed by atoms with van der Waals surface area (Å²) in [6.07, 6.45) is 1.57. The van der Waals surface area contributed by atoms with E-state index in [1.165, 1.54) is 0 Å². The number of hydrogen-bond donors (Lipinski definition) is 1. The SMILES string of the molecule is COc1ccc(OC(C)C(=O)N2CCCC2)c(CO)c1. The normalized spacial score (nSPS) is 16.1. The second-order valence-corrected chi connectivity index (χ2v) is 4.92. The number of hydrogen-bond acceptors (Lipinski definition) is 4. The lowest BCUT2D eigenvalue weighted by molar-refractivity contribution is -0.136. The highest BCUT2D eigenvalue weighted by molar-refractivity contribution is 5.81. The van der Waals surface area contributed by atoms with Crippen molar-refractivity contribution in [1.29, 1.82) is 0 Å². The van der Waals surface area contributed by atoms with Gasteiger partial charge in [0.25, 0.3) is 5.91 Å². The zero-order chi connectivity index (χ0) is 14.5. The van der Waals surface area contributed by atoms with E-state index in [1.807, 2.05) is 4.90 Å². The first-order chi connectivity index (χ1) is 9.65. The highest BCUT2D eigenvalue weighted by Gasteiger charge is 2.25. The van der Waals surface area contributed by atoms with E-state index in [-0.39, 0.29) is 12.5 Å². The van der Waals surface area contributed by atoms with Crippen LogP contribution in [0.4, 0.5) is 0 Å². The number of amides is 1. The first kappa shape index (κ1) is 14.7. The molecule has 1 aromatic carbocycles. The van der Waals surface area contributed by atoms with Crippen molar-refractivity contribution in [2.45, 2.75) is 32.5 Å². The van der Waals surface area contributed by atoms with Crippen molar-refractivity contribution in [3.63, 3.8) is 0 Å². The van der Waals surface area contributed by atoms with Gasteiger partial charge in [-0.05, 0) is 38.0 Å². The number of nitrogens with zero attached hydrogens (tertiary/aromatic N) is 1. The Labute approximate surface area is 119 Å². The zero-order valence-corrected chi connectivity index (χ0v) is 12.0. The second-order valence-electron chi connectivity index (χ2n) is 4.92. The molecule has 5 nitrogen and oxygen atoms in total. The highest BCUT2D eigenvalue weighted by Crippen LogP contribution is 2.25. The maximum Gasteiger partial charge on any atom is 0.263 e. The molecule has 110 valence electrons. The molecule has 1 unspecified atom stereocenters. The Hall–Kier alpha value is -1.75. The summed E-state index contributed by atoms with van der Waals surface area (Å²) in [6, 6.07) is 5.18. The summed E-state index contributed by atoms with van der Waals surface area (Å²) in [7, 11) is 1.57. The van der Waals surface area contributed by atoms with E-state index in [1.54, 1.807) is 32.2 Å². The van der Waals surface area contributed by atoms with Crippen LogP contribution in [-0.2, 0) is 11.4 Å². The lowest BCUT2D eigenvalue weighted by Gasteiger charge is -2.22. The van der Waals surface area contributed by atoms with E-state index in [0.29, 0.717) is 17.1 Å². The first-order valence-corrected chi connectivity index (χ1v) is 6.89. The summed E-state index contributed by atoms with van der Waals surface area (Å²) >= 11 is 0. The van der Waals surface area contributed by atoms with Crippen LogP contribution in [0.25, 0.3) is 0 Å². The van der Waals surface area contributed by atoms with Crippen molar-refractivity contribution in [2.24, 2.45) is 0 Å². The van der Waals surface area contributed by atoms with Crippen molar-refractivity contribution in [3.05, 3.63) is 23.8 Å². The van der Waals surface area contributed by atoms with Gasteiger partial charge in [0.1, 0.15) is 11.5 Å². The average Bonchev–Trinajstić information content (AvgIpc) is 3.00. The Kier molecular flexibility index (Phi) is 4.84. The van der Waals surface area contributed by atoms with Crippen LogP contribution in [0.5, 0.6) is 11.5 Å². The molecule has 1 saturated heterocycles. The lowest BCUT2D eigenvalue weighted by atomic mass is 10.2. The van der Waals surface area contributed by atoms with Gasteiger partial charge in [0, 0.05) is 18.7 Å². The minimum absolute atomic E-state index is 0.00204. The van der Waals surface area contributed by atoms with Crippen LogP contribution in [0.1, 0.15) is 25.3 Å². The van der Waals surface area contributed by atoms with Crippen molar-refractivity contribution >= 4 is 5.91 Å². The van der Waals surface area contributed by atoms with Crippen molar-refractivity contribution in [2.75, 3.05) is 20.2 Å². The lowest BCUT2D eigenvalue weighted by Crippen LogP contribution is -2.38. The van der Waals surface area contributed by atoms with E-state index in [9.17, 15) is 9.90 Å².